The summed E-state index contributed by atoms with van der Waals surface area (Å²) in [5.74, 6) is -1.54. The van der Waals surface area contributed by atoms with Crippen LogP contribution in [0.3, 0.4) is 0 Å². The summed E-state index contributed by atoms with van der Waals surface area (Å²) in [6.45, 7) is 8.86. The van der Waals surface area contributed by atoms with E-state index in [0.29, 0.717) is 5.56 Å². The van der Waals surface area contributed by atoms with Gasteiger partial charge >= 0.3 is 19.1 Å². The van der Waals surface area contributed by atoms with Gasteiger partial charge in [-0.2, -0.15) is 0 Å². The average molecular weight is 394 g/mol. The molecule has 0 aromatic heterocycles. The molecule has 1 atom stereocenters. The topological polar surface area (TPSA) is 101 Å². The van der Waals surface area contributed by atoms with Crippen LogP contribution in [-0.2, 0) is 18.9 Å². The molecular weight excluding hydrogens is 367 g/mol. The molecule has 28 heavy (non-hydrogen) atoms. The van der Waals surface area contributed by atoms with Crippen molar-refractivity contribution in [3.05, 3.63) is 17.7 Å². The van der Waals surface area contributed by atoms with Crippen molar-refractivity contribution in [1.29, 1.82) is 0 Å². The number of hydrogen-bond acceptors (Lipinski definition) is 7. The Hall–Kier alpha value is -2.26. The Morgan fingerprint density at radius 3 is 1.89 bits per heavy atom. The van der Waals surface area contributed by atoms with E-state index in [-0.39, 0.29) is 23.7 Å². The lowest BCUT2D eigenvalue weighted by Crippen LogP contribution is -2.41. The number of hydrogen-bond donors (Lipinski definition) is 1. The quantitative estimate of drug-likeness (QED) is 0.428. The van der Waals surface area contributed by atoms with Crippen LogP contribution in [0.4, 0.5) is 0 Å². The second kappa shape index (κ2) is 8.01. The smallest absolute Gasteiger partial charge is 0.466 e. The fourth-order valence-corrected chi connectivity index (χ4v) is 2.97. The second-order valence-corrected chi connectivity index (χ2v) is 7.68. The van der Waals surface area contributed by atoms with E-state index in [2.05, 4.69) is 0 Å². The van der Waals surface area contributed by atoms with Crippen molar-refractivity contribution in [2.24, 2.45) is 0 Å². The third-order valence-corrected chi connectivity index (χ3v) is 5.15. The average Bonchev–Trinajstić information content (AvgIpc) is 2.79. The number of aliphatic carboxylic acids is 1. The zero-order chi connectivity index (χ0) is 21.3. The largest absolute Gasteiger partial charge is 0.493 e. The molecule has 1 aromatic carbocycles. The number of carboxylic acids is 1. The molecule has 0 saturated carbocycles. The zero-order valence-corrected chi connectivity index (χ0v) is 17.3. The van der Waals surface area contributed by atoms with Gasteiger partial charge in [0.1, 0.15) is 0 Å². The first-order valence-corrected chi connectivity index (χ1v) is 8.93. The molecule has 1 N–H and O–H groups in total. The third kappa shape index (κ3) is 4.42. The lowest BCUT2D eigenvalue weighted by Gasteiger charge is -2.32. The van der Waals surface area contributed by atoms with Crippen molar-refractivity contribution in [2.45, 2.75) is 58.1 Å². The Kier molecular flexibility index (Phi) is 6.30. The van der Waals surface area contributed by atoms with Gasteiger partial charge in [-0.1, -0.05) is 0 Å². The van der Waals surface area contributed by atoms with Gasteiger partial charge in [-0.05, 0) is 45.4 Å². The van der Waals surface area contributed by atoms with Gasteiger partial charge in [0.15, 0.2) is 11.5 Å². The van der Waals surface area contributed by atoms with Crippen molar-refractivity contribution in [3.8, 4) is 17.2 Å². The van der Waals surface area contributed by atoms with Crippen LogP contribution in [0.5, 0.6) is 17.2 Å². The fraction of sp³-hybridized carbons (Fsp3) is 0.579. The number of carbonyl (C=O) groups excluding carboxylic acids is 1. The summed E-state index contributed by atoms with van der Waals surface area (Å²) in [4.78, 5) is 23.0. The van der Waals surface area contributed by atoms with E-state index in [1.54, 1.807) is 12.1 Å². The molecule has 2 rings (SSSR count). The summed E-state index contributed by atoms with van der Waals surface area (Å²) in [7, 11) is 2.06. The van der Waals surface area contributed by atoms with E-state index in [9.17, 15) is 14.7 Å². The first-order valence-electron chi connectivity index (χ1n) is 8.93. The van der Waals surface area contributed by atoms with E-state index >= 15 is 0 Å². The first kappa shape index (κ1) is 22.0. The summed E-state index contributed by atoms with van der Waals surface area (Å²) < 4.78 is 28.0. The summed E-state index contributed by atoms with van der Waals surface area (Å²) in [5, 5.41) is 9.45. The number of rotatable bonds is 7. The SMILES string of the molecule is COc1cc(C(CC(=O)O)B2OC(C)(C)C(C)(C)O2)cc(OC)c1OC(C)=O. The Labute approximate surface area is 165 Å². The molecule has 154 valence electrons. The van der Waals surface area contributed by atoms with Crippen LogP contribution in [0.25, 0.3) is 0 Å². The van der Waals surface area contributed by atoms with Crippen LogP contribution in [0.2, 0.25) is 0 Å². The maximum absolute atomic E-state index is 11.5. The minimum absolute atomic E-state index is 0.129. The van der Waals surface area contributed by atoms with Crippen molar-refractivity contribution >= 4 is 19.1 Å². The van der Waals surface area contributed by atoms with Crippen LogP contribution in [0.1, 0.15) is 52.4 Å². The molecule has 1 fully saturated rings. The predicted octanol–water partition coefficient (Wildman–Crippen LogP) is 2.82. The Bertz CT molecular complexity index is 717. The molecule has 1 unspecified atom stereocenters. The highest BCUT2D eigenvalue weighted by atomic mass is 16.7. The van der Waals surface area contributed by atoms with Gasteiger partial charge in [-0.15, -0.1) is 0 Å². The van der Waals surface area contributed by atoms with E-state index in [1.807, 2.05) is 27.7 Å². The van der Waals surface area contributed by atoms with Crippen molar-refractivity contribution in [2.75, 3.05) is 14.2 Å². The Morgan fingerprint density at radius 2 is 1.54 bits per heavy atom. The summed E-state index contributed by atoms with van der Waals surface area (Å²) in [5.41, 5.74) is -0.647. The maximum Gasteiger partial charge on any atom is 0.466 e. The number of esters is 1. The van der Waals surface area contributed by atoms with Crippen LogP contribution in [-0.4, -0.2) is 49.6 Å². The molecule has 0 bridgehead atoms. The predicted molar refractivity (Wildman–Crippen MR) is 102 cm³/mol. The molecule has 1 aliphatic heterocycles. The van der Waals surface area contributed by atoms with E-state index in [1.165, 1.54) is 21.1 Å². The van der Waals surface area contributed by atoms with Crippen LogP contribution >= 0.6 is 0 Å². The molecule has 1 saturated heterocycles. The molecular formula is C19H27BO8. The molecule has 0 radical (unpaired) electrons. The standard InChI is InChI=1S/C19H27BO8/c1-11(21)26-17-14(24-6)8-12(9-15(17)25-7)13(10-16(22)23)20-27-18(2,3)19(4,5)28-20/h8-9,13H,10H2,1-7H3,(H,22,23). The monoisotopic (exact) mass is 394 g/mol. The van der Waals surface area contributed by atoms with Crippen LogP contribution in [0, 0.1) is 0 Å². The van der Waals surface area contributed by atoms with Crippen LogP contribution < -0.4 is 14.2 Å². The highest BCUT2D eigenvalue weighted by Gasteiger charge is 2.54. The molecule has 1 aliphatic rings. The zero-order valence-electron chi connectivity index (χ0n) is 17.3. The van der Waals surface area contributed by atoms with Crippen molar-refractivity contribution < 1.29 is 38.2 Å². The van der Waals surface area contributed by atoms with Gasteiger partial charge in [0.25, 0.3) is 0 Å². The first-order chi connectivity index (χ1) is 12.9. The lowest BCUT2D eigenvalue weighted by atomic mass is 9.66. The second-order valence-electron chi connectivity index (χ2n) is 7.68. The van der Waals surface area contributed by atoms with E-state index in [0.717, 1.165) is 0 Å². The normalized spacial score (nSPS) is 18.5. The minimum atomic E-state index is -0.998. The Balaban J connectivity index is 2.52. The van der Waals surface area contributed by atoms with Crippen molar-refractivity contribution in [1.82, 2.24) is 0 Å². The van der Waals surface area contributed by atoms with E-state index in [4.69, 9.17) is 23.5 Å². The van der Waals surface area contributed by atoms with Crippen molar-refractivity contribution in [3.63, 3.8) is 0 Å². The van der Waals surface area contributed by atoms with E-state index < -0.39 is 36.1 Å². The Morgan fingerprint density at radius 1 is 1.07 bits per heavy atom. The molecule has 9 heteroatoms. The maximum atomic E-state index is 11.5. The molecule has 8 nitrogen and oxygen atoms in total. The number of carboxylic acid groups (broad SMARTS) is 1. The minimum Gasteiger partial charge on any atom is -0.493 e. The highest BCUT2D eigenvalue weighted by Crippen LogP contribution is 2.45. The molecule has 0 aliphatic carbocycles. The van der Waals surface area contributed by atoms with Gasteiger partial charge in [0.2, 0.25) is 5.75 Å². The van der Waals surface area contributed by atoms with Crippen LogP contribution in [0.15, 0.2) is 12.1 Å². The highest BCUT2D eigenvalue weighted by molar-refractivity contribution is 6.48. The molecule has 0 spiro atoms. The number of carbonyl (C=O) groups is 2. The van der Waals surface area contributed by atoms with Gasteiger partial charge < -0.3 is 28.6 Å². The third-order valence-electron chi connectivity index (χ3n) is 5.15. The molecule has 1 heterocycles. The number of benzene rings is 1. The van der Waals surface area contributed by atoms with Gasteiger partial charge in [-0.3, -0.25) is 9.59 Å². The molecule has 0 amide bonds. The lowest BCUT2D eigenvalue weighted by molar-refractivity contribution is -0.137. The number of methoxy groups -OCH3 is 2. The van der Waals surface area contributed by atoms with Gasteiger partial charge in [0.05, 0.1) is 31.8 Å². The van der Waals surface area contributed by atoms with Gasteiger partial charge in [0, 0.05) is 12.7 Å². The number of ether oxygens (including phenoxy) is 3. The summed E-state index contributed by atoms with van der Waals surface area (Å²) in [6, 6.07) is 3.22. The summed E-state index contributed by atoms with van der Waals surface area (Å²) >= 11 is 0. The fourth-order valence-electron chi connectivity index (χ4n) is 2.97. The van der Waals surface area contributed by atoms with Gasteiger partial charge in [-0.25, -0.2) is 0 Å². The summed E-state index contributed by atoms with van der Waals surface area (Å²) in [6.07, 6.45) is -0.226. The molecule has 1 aromatic rings.